The van der Waals surface area contributed by atoms with E-state index in [1.54, 1.807) is 6.07 Å². The van der Waals surface area contributed by atoms with E-state index in [0.29, 0.717) is 30.1 Å². The lowest BCUT2D eigenvalue weighted by Crippen LogP contribution is -2.22. The zero-order valence-corrected chi connectivity index (χ0v) is 15.2. The summed E-state index contributed by atoms with van der Waals surface area (Å²) in [6, 6.07) is 2.78. The van der Waals surface area contributed by atoms with Gasteiger partial charge in [-0.1, -0.05) is 11.6 Å². The Morgan fingerprint density at radius 3 is 2.79 bits per heavy atom. The van der Waals surface area contributed by atoms with Gasteiger partial charge in [-0.05, 0) is 12.1 Å². The normalized spacial score (nSPS) is 11.6. The molecule has 0 bridgehead atoms. The van der Waals surface area contributed by atoms with Gasteiger partial charge in [0.1, 0.15) is 5.69 Å². The molecule has 0 aliphatic rings. The minimum Gasteiger partial charge on any atom is -0.384 e. The van der Waals surface area contributed by atoms with Crippen LogP contribution in [0.15, 0.2) is 30.6 Å². The number of amides is 2. The van der Waals surface area contributed by atoms with Crippen LogP contribution >= 0.6 is 11.6 Å². The maximum Gasteiger partial charge on any atom is 0.433 e. The summed E-state index contributed by atoms with van der Waals surface area (Å²) in [5.74, 6) is 0. The van der Waals surface area contributed by atoms with Gasteiger partial charge >= 0.3 is 12.2 Å². The number of anilines is 2. The Hall–Kier alpha value is -2.92. The number of rotatable bonds is 5. The van der Waals surface area contributed by atoms with Crippen molar-refractivity contribution in [3.8, 4) is 0 Å². The summed E-state index contributed by atoms with van der Waals surface area (Å²) >= 11 is 5.91. The summed E-state index contributed by atoms with van der Waals surface area (Å²) in [4.78, 5) is 19.7. The highest BCUT2D eigenvalue weighted by Crippen LogP contribution is 2.29. The number of carbonyl (C=O) groups excluding carboxylic acids is 1. The van der Waals surface area contributed by atoms with E-state index in [0.717, 1.165) is 12.3 Å². The predicted molar refractivity (Wildman–Crippen MR) is 95.5 cm³/mol. The summed E-state index contributed by atoms with van der Waals surface area (Å²) in [6.45, 7) is 0.339. The molecule has 3 heterocycles. The maximum absolute atomic E-state index is 12.7. The number of aromatic nitrogens is 4. The lowest BCUT2D eigenvalue weighted by Gasteiger charge is -2.13. The van der Waals surface area contributed by atoms with Gasteiger partial charge in [0, 0.05) is 31.5 Å². The van der Waals surface area contributed by atoms with Gasteiger partial charge in [-0.25, -0.2) is 14.3 Å². The Labute approximate surface area is 161 Å². The SMILES string of the molecule is COCCc1c(NC(=O)Nc2ccnc(C(F)(F)F)c2)cnc2cc(Cl)nn12. The minimum atomic E-state index is -4.62. The van der Waals surface area contributed by atoms with Gasteiger partial charge in [0.2, 0.25) is 0 Å². The molecule has 0 aliphatic heterocycles. The fourth-order valence-corrected chi connectivity index (χ4v) is 2.62. The molecule has 0 aliphatic carbocycles. The van der Waals surface area contributed by atoms with Crippen molar-refractivity contribution >= 4 is 34.7 Å². The smallest absolute Gasteiger partial charge is 0.384 e. The Bertz CT molecular complexity index is 1010. The van der Waals surface area contributed by atoms with Crippen LogP contribution in [0.1, 0.15) is 11.4 Å². The number of carbonyl (C=O) groups is 1. The van der Waals surface area contributed by atoms with Crippen LogP contribution in [0.25, 0.3) is 5.65 Å². The number of alkyl halides is 3. The topological polar surface area (TPSA) is 93.4 Å². The van der Waals surface area contributed by atoms with E-state index in [9.17, 15) is 18.0 Å². The number of fused-ring (bicyclic) bond motifs is 1. The molecule has 8 nitrogen and oxygen atoms in total. The number of halogens is 4. The number of urea groups is 1. The molecule has 3 rings (SSSR count). The van der Waals surface area contributed by atoms with E-state index >= 15 is 0 Å². The second kappa shape index (κ2) is 7.98. The second-order valence-electron chi connectivity index (χ2n) is 5.61. The lowest BCUT2D eigenvalue weighted by atomic mass is 10.2. The molecule has 0 unspecified atom stereocenters. The van der Waals surface area contributed by atoms with Crippen molar-refractivity contribution in [2.45, 2.75) is 12.6 Å². The summed E-state index contributed by atoms with van der Waals surface area (Å²) in [7, 11) is 1.52. The van der Waals surface area contributed by atoms with E-state index in [1.807, 2.05) is 0 Å². The molecule has 12 heteroatoms. The van der Waals surface area contributed by atoms with Gasteiger partial charge < -0.3 is 15.4 Å². The largest absolute Gasteiger partial charge is 0.433 e. The molecular formula is C16H14ClF3N6O2. The van der Waals surface area contributed by atoms with E-state index in [4.69, 9.17) is 16.3 Å². The number of methoxy groups -OCH3 is 1. The first kappa shape index (κ1) is 19.8. The van der Waals surface area contributed by atoms with E-state index in [2.05, 4.69) is 25.7 Å². The molecule has 0 saturated carbocycles. The molecule has 0 spiro atoms. The third-order valence-corrected chi connectivity index (χ3v) is 3.84. The standard InChI is InChI=1S/C16H14ClF3N6O2/c1-28-5-3-11-10(8-22-14-7-13(17)25-26(11)14)24-15(27)23-9-2-4-21-12(6-9)16(18,19)20/h2,4,6-8H,3,5H2,1H3,(H2,21,23,24,27). The number of nitrogens with one attached hydrogen (secondary N) is 2. The van der Waals surface area contributed by atoms with Gasteiger partial charge in [-0.2, -0.15) is 18.3 Å². The third-order valence-electron chi connectivity index (χ3n) is 3.65. The number of nitrogens with zero attached hydrogens (tertiary/aromatic N) is 4. The van der Waals surface area contributed by atoms with Crippen molar-refractivity contribution in [1.82, 2.24) is 19.6 Å². The molecular weight excluding hydrogens is 401 g/mol. The van der Waals surface area contributed by atoms with Crippen LogP contribution in [-0.4, -0.2) is 39.3 Å². The average Bonchev–Trinajstić information content (AvgIpc) is 3.00. The highest BCUT2D eigenvalue weighted by Gasteiger charge is 2.32. The van der Waals surface area contributed by atoms with Crippen molar-refractivity contribution in [1.29, 1.82) is 0 Å². The lowest BCUT2D eigenvalue weighted by molar-refractivity contribution is -0.141. The third kappa shape index (κ3) is 4.49. The van der Waals surface area contributed by atoms with Crippen molar-refractivity contribution < 1.29 is 22.7 Å². The molecule has 3 aromatic rings. The quantitative estimate of drug-likeness (QED) is 0.665. The van der Waals surface area contributed by atoms with E-state index in [-0.39, 0.29) is 10.8 Å². The summed E-state index contributed by atoms with van der Waals surface area (Å²) < 4.78 is 44.8. The maximum atomic E-state index is 12.7. The fraction of sp³-hybridized carbons (Fsp3) is 0.250. The van der Waals surface area contributed by atoms with Crippen molar-refractivity contribution in [3.05, 3.63) is 47.1 Å². The van der Waals surface area contributed by atoms with E-state index in [1.165, 1.54) is 23.9 Å². The Balaban J connectivity index is 1.83. The molecule has 28 heavy (non-hydrogen) atoms. The number of hydrogen-bond donors (Lipinski definition) is 2. The first-order chi connectivity index (χ1) is 13.3. The molecule has 0 radical (unpaired) electrons. The second-order valence-corrected chi connectivity index (χ2v) is 5.99. The summed E-state index contributed by atoms with van der Waals surface area (Å²) in [6.07, 6.45) is -1.86. The van der Waals surface area contributed by atoms with Gasteiger partial charge in [-0.15, -0.1) is 0 Å². The molecule has 0 fully saturated rings. The fourth-order valence-electron chi connectivity index (χ4n) is 2.44. The van der Waals surface area contributed by atoms with E-state index < -0.39 is 17.9 Å². The summed E-state index contributed by atoms with van der Waals surface area (Å²) in [5, 5.41) is 9.23. The zero-order valence-electron chi connectivity index (χ0n) is 14.4. The average molecular weight is 415 g/mol. The van der Waals surface area contributed by atoms with Crippen LogP contribution in [0.2, 0.25) is 5.15 Å². The molecule has 0 aromatic carbocycles. The van der Waals surface area contributed by atoms with Crippen LogP contribution in [-0.2, 0) is 17.3 Å². The van der Waals surface area contributed by atoms with Crippen molar-refractivity contribution in [3.63, 3.8) is 0 Å². The molecule has 0 atom stereocenters. The molecule has 3 aromatic heterocycles. The zero-order chi connectivity index (χ0) is 20.3. The van der Waals surface area contributed by atoms with Crippen LogP contribution in [0.4, 0.5) is 29.3 Å². The van der Waals surface area contributed by atoms with Crippen LogP contribution in [0.5, 0.6) is 0 Å². The number of pyridine rings is 1. The molecule has 2 N–H and O–H groups in total. The predicted octanol–water partition coefficient (Wildman–Crippen LogP) is 3.63. The monoisotopic (exact) mass is 414 g/mol. The number of hydrogen-bond acceptors (Lipinski definition) is 5. The van der Waals surface area contributed by atoms with Crippen molar-refractivity contribution in [2.75, 3.05) is 24.4 Å². The van der Waals surface area contributed by atoms with Crippen LogP contribution in [0, 0.1) is 0 Å². The molecule has 148 valence electrons. The minimum absolute atomic E-state index is 0.0607. The van der Waals surface area contributed by atoms with Crippen molar-refractivity contribution in [2.24, 2.45) is 0 Å². The van der Waals surface area contributed by atoms with Gasteiger partial charge in [0.15, 0.2) is 10.8 Å². The first-order valence-corrected chi connectivity index (χ1v) is 8.29. The first-order valence-electron chi connectivity index (χ1n) is 7.91. The molecule has 0 saturated heterocycles. The highest BCUT2D eigenvalue weighted by atomic mass is 35.5. The van der Waals surface area contributed by atoms with Crippen LogP contribution in [0.3, 0.4) is 0 Å². The van der Waals surface area contributed by atoms with Gasteiger partial charge in [0.05, 0.1) is 24.2 Å². The van der Waals surface area contributed by atoms with Gasteiger partial charge in [-0.3, -0.25) is 4.98 Å². The Morgan fingerprint density at radius 1 is 1.29 bits per heavy atom. The van der Waals surface area contributed by atoms with Gasteiger partial charge in [0.25, 0.3) is 0 Å². The Morgan fingerprint density at radius 2 is 2.07 bits per heavy atom. The Kier molecular flexibility index (Phi) is 5.66. The summed E-state index contributed by atoms with van der Waals surface area (Å²) in [5.41, 5.74) is 0.187. The molecule has 2 amide bonds. The highest BCUT2D eigenvalue weighted by molar-refractivity contribution is 6.29. The number of ether oxygens (including phenoxy) is 1. The van der Waals surface area contributed by atoms with Crippen LogP contribution < -0.4 is 10.6 Å².